The monoisotopic (exact) mass is 376 g/mol. The normalized spacial score (nSPS) is 12.1. The molecule has 20 heavy (non-hydrogen) atoms. The fourth-order valence-corrected chi connectivity index (χ4v) is 4.02. The van der Waals surface area contributed by atoms with Crippen LogP contribution in [0.1, 0.15) is 15.3 Å². The number of hydrogen-bond acceptors (Lipinski definition) is 4. The number of thiophene rings is 1. The van der Waals surface area contributed by atoms with E-state index in [2.05, 4.69) is 15.9 Å². The molecule has 2 aromatic rings. The highest BCUT2D eigenvalue weighted by Crippen LogP contribution is 2.45. The second-order valence-corrected chi connectivity index (χ2v) is 6.22. The van der Waals surface area contributed by atoms with Crippen LogP contribution in [0, 0.1) is 0 Å². The molecule has 0 aliphatic heterocycles. The minimum atomic E-state index is -0.0243. The Hall–Kier alpha value is -0.910. The lowest BCUT2D eigenvalue weighted by molar-refractivity contribution is 0.324. The largest absolute Gasteiger partial charge is 0.493 e. The first-order valence-electron chi connectivity index (χ1n) is 5.79. The Balaban J connectivity index is 2.49. The zero-order valence-electron chi connectivity index (χ0n) is 11.3. The highest BCUT2D eigenvalue weighted by Gasteiger charge is 2.20. The zero-order chi connectivity index (χ0) is 14.7. The van der Waals surface area contributed by atoms with Gasteiger partial charge in [0.25, 0.3) is 0 Å². The van der Waals surface area contributed by atoms with Crippen LogP contribution in [0.2, 0.25) is 5.02 Å². The SMILES string of the molecule is COc1cc(C(Br)c2sccc2Cl)cc(OC)c1OC. The summed E-state index contributed by atoms with van der Waals surface area (Å²) in [6.45, 7) is 0. The molecule has 0 bridgehead atoms. The van der Waals surface area contributed by atoms with E-state index in [9.17, 15) is 0 Å². The van der Waals surface area contributed by atoms with Crippen LogP contribution in [0.3, 0.4) is 0 Å². The van der Waals surface area contributed by atoms with E-state index < -0.39 is 0 Å². The second kappa shape index (κ2) is 6.70. The van der Waals surface area contributed by atoms with Crippen molar-refractivity contribution >= 4 is 38.9 Å². The lowest BCUT2D eigenvalue weighted by Gasteiger charge is -2.16. The van der Waals surface area contributed by atoms with Crippen LogP contribution >= 0.6 is 38.9 Å². The molecule has 0 aliphatic carbocycles. The van der Waals surface area contributed by atoms with Crippen LogP contribution < -0.4 is 14.2 Å². The third kappa shape index (κ3) is 2.90. The summed E-state index contributed by atoms with van der Waals surface area (Å²) in [4.78, 5) is 1.02. The van der Waals surface area contributed by atoms with Gasteiger partial charge in [0.15, 0.2) is 11.5 Å². The molecule has 0 saturated carbocycles. The number of alkyl halides is 1. The van der Waals surface area contributed by atoms with Crippen molar-refractivity contribution in [3.63, 3.8) is 0 Å². The Morgan fingerprint density at radius 1 is 1.10 bits per heavy atom. The average Bonchev–Trinajstić information content (AvgIpc) is 2.90. The fourth-order valence-electron chi connectivity index (χ4n) is 1.89. The van der Waals surface area contributed by atoms with Crippen molar-refractivity contribution in [1.29, 1.82) is 0 Å². The number of methoxy groups -OCH3 is 3. The van der Waals surface area contributed by atoms with Gasteiger partial charge in [-0.3, -0.25) is 0 Å². The van der Waals surface area contributed by atoms with Crippen molar-refractivity contribution in [3.05, 3.63) is 39.0 Å². The standard InChI is InChI=1S/C14H14BrClO3S/c1-17-10-6-8(7-11(18-2)13(10)19-3)12(15)14-9(16)4-5-20-14/h4-7,12H,1-3H3. The maximum atomic E-state index is 6.18. The molecular weight excluding hydrogens is 364 g/mol. The van der Waals surface area contributed by atoms with Crippen LogP contribution in [0.5, 0.6) is 17.2 Å². The van der Waals surface area contributed by atoms with Crippen molar-refractivity contribution < 1.29 is 14.2 Å². The molecule has 0 saturated heterocycles. The van der Waals surface area contributed by atoms with Gasteiger partial charge in [-0.2, -0.15) is 0 Å². The molecule has 0 N–H and O–H groups in total. The quantitative estimate of drug-likeness (QED) is 0.693. The van der Waals surface area contributed by atoms with E-state index >= 15 is 0 Å². The second-order valence-electron chi connectivity index (χ2n) is 3.95. The highest BCUT2D eigenvalue weighted by molar-refractivity contribution is 9.09. The Labute approximate surface area is 135 Å². The molecular formula is C14H14BrClO3S. The fraction of sp³-hybridized carbons (Fsp3) is 0.286. The van der Waals surface area contributed by atoms with Crippen LogP contribution in [0.15, 0.2) is 23.6 Å². The smallest absolute Gasteiger partial charge is 0.203 e. The van der Waals surface area contributed by atoms with E-state index in [1.165, 1.54) is 0 Å². The maximum Gasteiger partial charge on any atom is 0.203 e. The van der Waals surface area contributed by atoms with E-state index in [1.54, 1.807) is 32.7 Å². The molecule has 3 nitrogen and oxygen atoms in total. The predicted molar refractivity (Wildman–Crippen MR) is 86.2 cm³/mol. The summed E-state index contributed by atoms with van der Waals surface area (Å²) in [7, 11) is 4.78. The molecule has 1 aromatic carbocycles. The van der Waals surface area contributed by atoms with E-state index in [1.807, 2.05) is 23.6 Å². The number of halogens is 2. The molecule has 0 aliphatic rings. The molecule has 6 heteroatoms. The van der Waals surface area contributed by atoms with Crippen LogP contribution in [-0.4, -0.2) is 21.3 Å². The summed E-state index contributed by atoms with van der Waals surface area (Å²) >= 11 is 11.5. The first kappa shape index (κ1) is 15.5. The highest BCUT2D eigenvalue weighted by atomic mass is 79.9. The molecule has 0 fully saturated rings. The first-order valence-corrected chi connectivity index (χ1v) is 7.96. The van der Waals surface area contributed by atoms with Gasteiger partial charge in [0.2, 0.25) is 5.75 Å². The third-order valence-corrected chi connectivity index (χ3v) is 5.57. The van der Waals surface area contributed by atoms with Crippen molar-refractivity contribution in [2.45, 2.75) is 4.83 Å². The molecule has 0 amide bonds. The minimum absolute atomic E-state index is 0.0243. The Morgan fingerprint density at radius 3 is 2.10 bits per heavy atom. The van der Waals surface area contributed by atoms with Gasteiger partial charge in [-0.25, -0.2) is 0 Å². The molecule has 0 radical (unpaired) electrons. The molecule has 0 spiro atoms. The van der Waals surface area contributed by atoms with Crippen LogP contribution in [0.4, 0.5) is 0 Å². The number of rotatable bonds is 5. The predicted octanol–water partition coefficient (Wildman–Crippen LogP) is 4.91. The summed E-state index contributed by atoms with van der Waals surface area (Å²) < 4.78 is 16.0. The number of ether oxygens (including phenoxy) is 3. The first-order chi connectivity index (χ1) is 9.62. The lowest BCUT2D eigenvalue weighted by Crippen LogP contribution is -1.98. The molecule has 1 unspecified atom stereocenters. The van der Waals surface area contributed by atoms with E-state index in [-0.39, 0.29) is 4.83 Å². The summed E-state index contributed by atoms with van der Waals surface area (Å²) in [5.74, 6) is 1.83. The van der Waals surface area contributed by atoms with Crippen molar-refractivity contribution in [3.8, 4) is 17.2 Å². The van der Waals surface area contributed by atoms with E-state index in [4.69, 9.17) is 25.8 Å². The van der Waals surface area contributed by atoms with Gasteiger partial charge in [-0.1, -0.05) is 27.5 Å². The summed E-state index contributed by atoms with van der Waals surface area (Å²) in [5, 5.41) is 2.70. The van der Waals surface area contributed by atoms with Crippen molar-refractivity contribution in [1.82, 2.24) is 0 Å². The zero-order valence-corrected chi connectivity index (χ0v) is 14.4. The summed E-state index contributed by atoms with van der Waals surface area (Å²) in [5.41, 5.74) is 0.990. The Morgan fingerprint density at radius 2 is 1.70 bits per heavy atom. The number of hydrogen-bond donors (Lipinski definition) is 0. The van der Waals surface area contributed by atoms with Gasteiger partial charge < -0.3 is 14.2 Å². The van der Waals surface area contributed by atoms with Gasteiger partial charge in [0.05, 0.1) is 31.2 Å². The Kier molecular flexibility index (Phi) is 5.18. The molecule has 1 heterocycles. The van der Waals surface area contributed by atoms with Gasteiger partial charge in [0.1, 0.15) is 0 Å². The van der Waals surface area contributed by atoms with Gasteiger partial charge in [-0.05, 0) is 29.1 Å². The topological polar surface area (TPSA) is 27.7 Å². The number of benzene rings is 1. The lowest BCUT2D eigenvalue weighted by atomic mass is 10.1. The van der Waals surface area contributed by atoms with E-state index in [0.29, 0.717) is 17.2 Å². The molecule has 1 aromatic heterocycles. The minimum Gasteiger partial charge on any atom is -0.493 e. The van der Waals surface area contributed by atoms with Crippen LogP contribution in [0.25, 0.3) is 0 Å². The Bertz CT molecular complexity index is 575. The van der Waals surface area contributed by atoms with E-state index in [0.717, 1.165) is 15.5 Å². The maximum absolute atomic E-state index is 6.18. The summed E-state index contributed by atoms with van der Waals surface area (Å²) in [6, 6.07) is 5.71. The molecule has 108 valence electrons. The average molecular weight is 378 g/mol. The van der Waals surface area contributed by atoms with Gasteiger partial charge in [-0.15, -0.1) is 11.3 Å². The van der Waals surface area contributed by atoms with Gasteiger partial charge in [0, 0.05) is 4.88 Å². The van der Waals surface area contributed by atoms with Crippen molar-refractivity contribution in [2.24, 2.45) is 0 Å². The molecule has 2 rings (SSSR count). The van der Waals surface area contributed by atoms with Crippen LogP contribution in [-0.2, 0) is 0 Å². The van der Waals surface area contributed by atoms with Gasteiger partial charge >= 0.3 is 0 Å². The molecule has 1 atom stereocenters. The van der Waals surface area contributed by atoms with Crippen molar-refractivity contribution in [2.75, 3.05) is 21.3 Å². The third-order valence-electron chi connectivity index (χ3n) is 2.85. The summed E-state index contributed by atoms with van der Waals surface area (Å²) in [6.07, 6.45) is 0.